The van der Waals surface area contributed by atoms with E-state index in [4.69, 9.17) is 0 Å². The van der Waals surface area contributed by atoms with Crippen LogP contribution in [0, 0.1) is 0 Å². The van der Waals surface area contributed by atoms with E-state index < -0.39 is 0 Å². The Morgan fingerprint density at radius 3 is 3.12 bits per heavy atom. The molecule has 3 nitrogen and oxygen atoms in total. The minimum atomic E-state index is 0.0132. The molecule has 1 amide bonds. The van der Waals surface area contributed by atoms with Crippen molar-refractivity contribution in [3.05, 3.63) is 28.6 Å². The molecule has 0 saturated heterocycles. The van der Waals surface area contributed by atoms with Crippen molar-refractivity contribution in [2.45, 2.75) is 44.1 Å². The maximum atomic E-state index is 11.6. The number of rotatable bonds is 0. The summed E-state index contributed by atoms with van der Waals surface area (Å²) in [6.07, 6.45) is 5.16. The van der Waals surface area contributed by atoms with Crippen LogP contribution in [0.1, 0.15) is 64.8 Å². The van der Waals surface area contributed by atoms with Gasteiger partial charge in [-0.25, -0.2) is 4.98 Å². The topological polar surface area (TPSA) is 42.0 Å². The van der Waals surface area contributed by atoms with E-state index in [0.29, 0.717) is 18.2 Å². The maximum absolute atomic E-state index is 11.6. The van der Waals surface area contributed by atoms with Gasteiger partial charge in [-0.2, -0.15) is 0 Å². The molecule has 0 spiro atoms. The van der Waals surface area contributed by atoms with Gasteiger partial charge in [0.1, 0.15) is 5.69 Å². The van der Waals surface area contributed by atoms with Crippen LogP contribution < -0.4 is 5.32 Å². The number of carbonyl (C=O) groups is 1. The van der Waals surface area contributed by atoms with E-state index in [9.17, 15) is 4.79 Å². The Labute approximate surface area is 94.3 Å². The standard InChI is InChI=1S/C13H14N2O/c16-13-12-9(6-14-13)5-10-7-2-1-3-8(4-7)11(10)15-12/h5,7-8H,1-4,6H2,(H,14,16). The van der Waals surface area contributed by atoms with Crippen LogP contribution in [0.15, 0.2) is 6.07 Å². The number of hydrogen-bond acceptors (Lipinski definition) is 2. The second-order valence-electron chi connectivity index (χ2n) is 5.21. The van der Waals surface area contributed by atoms with Crippen LogP contribution in [0.2, 0.25) is 0 Å². The number of aromatic nitrogens is 1. The molecule has 0 radical (unpaired) electrons. The summed E-state index contributed by atoms with van der Waals surface area (Å²) in [7, 11) is 0. The molecule has 1 aromatic heterocycles. The Bertz CT molecular complexity index is 495. The van der Waals surface area contributed by atoms with Gasteiger partial charge in [-0.3, -0.25) is 4.79 Å². The van der Waals surface area contributed by atoms with Gasteiger partial charge in [0.2, 0.25) is 0 Å². The Morgan fingerprint density at radius 1 is 1.31 bits per heavy atom. The van der Waals surface area contributed by atoms with Gasteiger partial charge in [0, 0.05) is 23.7 Å². The molecule has 2 bridgehead atoms. The molecule has 0 aromatic carbocycles. The number of fused-ring (bicyclic) bond motifs is 6. The smallest absolute Gasteiger partial charge is 0.270 e. The van der Waals surface area contributed by atoms with Crippen molar-refractivity contribution in [3.63, 3.8) is 0 Å². The zero-order chi connectivity index (χ0) is 10.7. The highest BCUT2D eigenvalue weighted by molar-refractivity contribution is 5.96. The molecule has 2 aliphatic carbocycles. The first-order valence-corrected chi connectivity index (χ1v) is 6.15. The van der Waals surface area contributed by atoms with Gasteiger partial charge in [-0.1, -0.05) is 6.42 Å². The predicted octanol–water partition coefficient (Wildman–Crippen LogP) is 2.08. The Balaban J connectivity index is 1.93. The van der Waals surface area contributed by atoms with E-state index in [0.717, 1.165) is 11.5 Å². The summed E-state index contributed by atoms with van der Waals surface area (Å²) < 4.78 is 0. The molecular weight excluding hydrogens is 200 g/mol. The third-order valence-electron chi connectivity index (χ3n) is 4.32. The summed E-state index contributed by atoms with van der Waals surface area (Å²) in [5.41, 5.74) is 4.47. The molecule has 3 heteroatoms. The monoisotopic (exact) mass is 214 g/mol. The first kappa shape index (κ1) is 8.74. The first-order valence-electron chi connectivity index (χ1n) is 6.15. The van der Waals surface area contributed by atoms with Crippen LogP contribution in [0.25, 0.3) is 0 Å². The van der Waals surface area contributed by atoms with Gasteiger partial charge in [0.15, 0.2) is 0 Å². The van der Waals surface area contributed by atoms with Crippen molar-refractivity contribution in [1.82, 2.24) is 10.3 Å². The van der Waals surface area contributed by atoms with Gasteiger partial charge in [-0.05, 0) is 36.8 Å². The van der Waals surface area contributed by atoms with E-state index in [1.165, 1.54) is 36.9 Å². The Morgan fingerprint density at radius 2 is 2.19 bits per heavy atom. The summed E-state index contributed by atoms with van der Waals surface area (Å²) in [6, 6.07) is 2.24. The van der Waals surface area contributed by atoms with Crippen molar-refractivity contribution in [3.8, 4) is 0 Å². The third-order valence-corrected chi connectivity index (χ3v) is 4.32. The van der Waals surface area contributed by atoms with Crippen LogP contribution in [0.5, 0.6) is 0 Å². The summed E-state index contributed by atoms with van der Waals surface area (Å²) in [5, 5.41) is 2.85. The number of amides is 1. The SMILES string of the molecule is O=C1NCc2cc3c(nc21)C1CCCC3C1. The van der Waals surface area contributed by atoms with Crippen molar-refractivity contribution in [2.75, 3.05) is 0 Å². The van der Waals surface area contributed by atoms with E-state index in [1.807, 2.05) is 0 Å². The van der Waals surface area contributed by atoms with Crippen LogP contribution in [0.4, 0.5) is 0 Å². The van der Waals surface area contributed by atoms with Crippen LogP contribution in [-0.2, 0) is 6.54 Å². The molecule has 1 saturated carbocycles. The summed E-state index contributed by atoms with van der Waals surface area (Å²) in [6.45, 7) is 0.672. The fourth-order valence-electron chi connectivity index (χ4n) is 3.55. The molecule has 1 aliphatic heterocycles. The van der Waals surface area contributed by atoms with Gasteiger partial charge in [0.05, 0.1) is 0 Å². The second kappa shape index (κ2) is 2.84. The predicted molar refractivity (Wildman–Crippen MR) is 59.4 cm³/mol. The fraction of sp³-hybridized carbons (Fsp3) is 0.538. The third kappa shape index (κ3) is 0.984. The maximum Gasteiger partial charge on any atom is 0.270 e. The minimum absolute atomic E-state index is 0.0132. The summed E-state index contributed by atoms with van der Waals surface area (Å²) in [4.78, 5) is 16.2. The number of pyridine rings is 1. The molecular formula is C13H14N2O. The lowest BCUT2D eigenvalue weighted by molar-refractivity contribution is 0.0961. The minimum Gasteiger partial charge on any atom is -0.347 e. The molecule has 3 aliphatic rings. The van der Waals surface area contributed by atoms with Crippen molar-refractivity contribution in [1.29, 1.82) is 0 Å². The second-order valence-corrected chi connectivity index (χ2v) is 5.21. The first-order chi connectivity index (χ1) is 7.83. The number of hydrogen-bond donors (Lipinski definition) is 1. The normalized spacial score (nSPS) is 29.9. The van der Waals surface area contributed by atoms with Crippen molar-refractivity contribution < 1.29 is 4.79 Å². The van der Waals surface area contributed by atoms with Crippen LogP contribution in [-0.4, -0.2) is 10.9 Å². The zero-order valence-electron chi connectivity index (χ0n) is 9.12. The highest BCUT2D eigenvalue weighted by Crippen LogP contribution is 2.50. The highest BCUT2D eigenvalue weighted by atomic mass is 16.2. The lowest BCUT2D eigenvalue weighted by Crippen LogP contribution is -2.14. The van der Waals surface area contributed by atoms with Gasteiger partial charge in [0.25, 0.3) is 5.91 Å². The van der Waals surface area contributed by atoms with Gasteiger partial charge < -0.3 is 5.32 Å². The lowest BCUT2D eigenvalue weighted by Gasteiger charge is -2.17. The number of carbonyl (C=O) groups excluding carboxylic acids is 1. The molecule has 1 fully saturated rings. The molecule has 1 aromatic rings. The molecule has 4 rings (SSSR count). The molecule has 1 N–H and O–H groups in total. The van der Waals surface area contributed by atoms with E-state index in [-0.39, 0.29) is 5.91 Å². The Kier molecular flexibility index (Phi) is 1.55. The quantitative estimate of drug-likeness (QED) is 0.718. The van der Waals surface area contributed by atoms with Crippen molar-refractivity contribution in [2.24, 2.45) is 0 Å². The average Bonchev–Trinajstić information content (AvgIpc) is 2.79. The van der Waals surface area contributed by atoms with Crippen molar-refractivity contribution >= 4 is 5.91 Å². The average molecular weight is 214 g/mol. The molecule has 82 valence electrons. The highest BCUT2D eigenvalue weighted by Gasteiger charge is 2.37. The largest absolute Gasteiger partial charge is 0.347 e. The van der Waals surface area contributed by atoms with E-state index >= 15 is 0 Å². The summed E-state index contributed by atoms with van der Waals surface area (Å²) >= 11 is 0. The van der Waals surface area contributed by atoms with E-state index in [2.05, 4.69) is 16.4 Å². The number of nitrogens with one attached hydrogen (secondary N) is 1. The Hall–Kier alpha value is -1.38. The van der Waals surface area contributed by atoms with E-state index in [1.54, 1.807) is 0 Å². The van der Waals surface area contributed by atoms with Gasteiger partial charge >= 0.3 is 0 Å². The molecule has 2 unspecified atom stereocenters. The molecule has 16 heavy (non-hydrogen) atoms. The van der Waals surface area contributed by atoms with Crippen LogP contribution >= 0.6 is 0 Å². The summed E-state index contributed by atoms with van der Waals surface area (Å²) in [5.74, 6) is 1.37. The lowest BCUT2D eigenvalue weighted by atomic mass is 9.87. The van der Waals surface area contributed by atoms with Gasteiger partial charge in [-0.15, -0.1) is 0 Å². The number of nitrogens with zero attached hydrogens (tertiary/aromatic N) is 1. The molecule has 2 atom stereocenters. The fourth-order valence-corrected chi connectivity index (χ4v) is 3.55. The van der Waals surface area contributed by atoms with Crippen LogP contribution in [0.3, 0.4) is 0 Å². The molecule has 2 heterocycles. The zero-order valence-corrected chi connectivity index (χ0v) is 9.12.